The van der Waals surface area contributed by atoms with Gasteiger partial charge < -0.3 is 14.4 Å². The van der Waals surface area contributed by atoms with Crippen LogP contribution >= 0.6 is 0 Å². The van der Waals surface area contributed by atoms with Crippen LogP contribution in [-0.2, 0) is 19.5 Å². The van der Waals surface area contributed by atoms with Crippen LogP contribution in [0.5, 0.6) is 11.5 Å². The maximum Gasteiger partial charge on any atom is 0.265 e. The SMILES string of the molecule is COc1ccc(N2Cc3ccc(CN4C(=O)c5ccc(C(=O)NN)cc5C4=O)cc3C2=O)cc1OC(C)CCc1ccccc1. The lowest BCUT2D eigenvalue weighted by molar-refractivity contribution is 0.0642. The molecule has 4 amide bonds. The Bertz CT molecular complexity index is 1820. The standard InChI is InChI=1S/C35H32N4O6/c1-21(8-9-22-6-4-3-5-7-22)45-31-18-26(13-15-30(31)44-2)38-20-25-11-10-23(16-28(25)34(38)42)19-39-33(41)27-14-12-24(32(40)37-36)17-29(27)35(39)43/h3-7,10-18,21H,8-9,19-20,36H2,1-2H3,(H,37,40). The van der Waals surface area contributed by atoms with E-state index in [1.54, 1.807) is 24.1 Å². The van der Waals surface area contributed by atoms with Crippen molar-refractivity contribution in [2.45, 2.75) is 39.0 Å². The third-order valence-electron chi connectivity index (χ3n) is 8.15. The number of imide groups is 1. The number of anilines is 1. The Morgan fingerprint density at radius 1 is 0.844 bits per heavy atom. The van der Waals surface area contributed by atoms with Crippen LogP contribution in [0.1, 0.15) is 71.5 Å². The molecule has 0 aromatic heterocycles. The molecular formula is C35H32N4O6. The molecule has 0 saturated heterocycles. The highest BCUT2D eigenvalue weighted by atomic mass is 16.5. The second-order valence-electron chi connectivity index (χ2n) is 11.1. The summed E-state index contributed by atoms with van der Waals surface area (Å²) in [6.07, 6.45) is 1.60. The molecule has 10 heteroatoms. The van der Waals surface area contributed by atoms with Crippen LogP contribution in [0.15, 0.2) is 84.9 Å². The van der Waals surface area contributed by atoms with Crippen molar-refractivity contribution in [1.82, 2.24) is 10.3 Å². The summed E-state index contributed by atoms with van der Waals surface area (Å²) in [7, 11) is 1.58. The fourth-order valence-electron chi connectivity index (χ4n) is 5.71. The Hall–Kier alpha value is -5.48. The van der Waals surface area contributed by atoms with Gasteiger partial charge in [-0.25, -0.2) is 5.84 Å². The van der Waals surface area contributed by atoms with Gasteiger partial charge in [-0.3, -0.25) is 29.5 Å². The minimum atomic E-state index is -0.564. The summed E-state index contributed by atoms with van der Waals surface area (Å²) >= 11 is 0. The first kappa shape index (κ1) is 29.6. The molecule has 10 nitrogen and oxygen atoms in total. The molecule has 0 aliphatic carbocycles. The number of hydrazine groups is 1. The normalized spacial score (nSPS) is 14.3. The first-order valence-corrected chi connectivity index (χ1v) is 14.6. The van der Waals surface area contributed by atoms with Crippen LogP contribution in [0.4, 0.5) is 5.69 Å². The fraction of sp³-hybridized carbons (Fsp3) is 0.200. The monoisotopic (exact) mass is 604 g/mol. The summed E-state index contributed by atoms with van der Waals surface area (Å²) in [5, 5.41) is 0. The van der Waals surface area contributed by atoms with Crippen LogP contribution in [0, 0.1) is 0 Å². The van der Waals surface area contributed by atoms with Gasteiger partial charge in [0.05, 0.1) is 37.4 Å². The van der Waals surface area contributed by atoms with Crippen LogP contribution in [0.25, 0.3) is 0 Å². The molecule has 0 radical (unpaired) electrons. The molecule has 6 rings (SSSR count). The molecule has 1 unspecified atom stereocenters. The summed E-state index contributed by atoms with van der Waals surface area (Å²) in [6.45, 7) is 2.35. The number of nitrogens with zero attached hydrogens (tertiary/aromatic N) is 2. The van der Waals surface area contributed by atoms with E-state index in [0.717, 1.165) is 23.3 Å². The number of nitrogens with one attached hydrogen (secondary N) is 1. The van der Waals surface area contributed by atoms with Crippen molar-refractivity contribution in [3.8, 4) is 11.5 Å². The molecule has 2 heterocycles. The van der Waals surface area contributed by atoms with Gasteiger partial charge in [-0.05, 0) is 72.9 Å². The van der Waals surface area contributed by atoms with Crippen molar-refractivity contribution < 1.29 is 28.7 Å². The highest BCUT2D eigenvalue weighted by molar-refractivity contribution is 6.22. The molecule has 2 aliphatic rings. The van der Waals surface area contributed by atoms with Gasteiger partial charge in [-0.1, -0.05) is 42.5 Å². The number of benzene rings is 4. The van der Waals surface area contributed by atoms with Gasteiger partial charge in [0.2, 0.25) is 0 Å². The lowest BCUT2D eigenvalue weighted by atomic mass is 10.1. The van der Waals surface area contributed by atoms with Gasteiger partial charge in [-0.2, -0.15) is 0 Å². The van der Waals surface area contributed by atoms with Crippen LogP contribution in [-0.4, -0.2) is 41.7 Å². The van der Waals surface area contributed by atoms with Gasteiger partial charge in [0.15, 0.2) is 11.5 Å². The topological polar surface area (TPSA) is 131 Å². The van der Waals surface area contributed by atoms with E-state index in [9.17, 15) is 19.2 Å². The summed E-state index contributed by atoms with van der Waals surface area (Å²) in [6, 6.07) is 25.3. The second-order valence-corrected chi connectivity index (χ2v) is 11.1. The number of amides is 4. The Labute approximate surface area is 260 Å². The number of ether oxygens (including phenoxy) is 2. The molecule has 4 aromatic carbocycles. The molecule has 2 aliphatic heterocycles. The molecule has 0 saturated carbocycles. The average molecular weight is 605 g/mol. The predicted molar refractivity (Wildman–Crippen MR) is 167 cm³/mol. The minimum absolute atomic E-state index is 0.0211. The van der Waals surface area contributed by atoms with Crippen molar-refractivity contribution in [3.63, 3.8) is 0 Å². The van der Waals surface area contributed by atoms with E-state index in [2.05, 4.69) is 12.1 Å². The largest absolute Gasteiger partial charge is 0.493 e. The number of nitrogens with two attached hydrogens (primary N) is 1. The Morgan fingerprint density at radius 2 is 1.62 bits per heavy atom. The second kappa shape index (κ2) is 12.3. The summed E-state index contributed by atoms with van der Waals surface area (Å²) < 4.78 is 11.8. The van der Waals surface area contributed by atoms with Gasteiger partial charge in [-0.15, -0.1) is 0 Å². The number of methoxy groups -OCH3 is 1. The predicted octanol–water partition coefficient (Wildman–Crippen LogP) is 4.66. The molecule has 4 aromatic rings. The van der Waals surface area contributed by atoms with E-state index in [1.165, 1.54) is 23.8 Å². The van der Waals surface area contributed by atoms with E-state index < -0.39 is 17.7 Å². The first-order valence-electron chi connectivity index (χ1n) is 14.6. The van der Waals surface area contributed by atoms with Crippen molar-refractivity contribution >= 4 is 29.3 Å². The molecular weight excluding hydrogens is 572 g/mol. The summed E-state index contributed by atoms with van der Waals surface area (Å²) in [4.78, 5) is 54.5. The summed E-state index contributed by atoms with van der Waals surface area (Å²) in [5.74, 6) is 4.60. The van der Waals surface area contributed by atoms with Gasteiger partial charge in [0.25, 0.3) is 23.6 Å². The molecule has 0 fully saturated rings. The van der Waals surface area contributed by atoms with Crippen molar-refractivity contribution in [2.75, 3.05) is 12.0 Å². The smallest absolute Gasteiger partial charge is 0.265 e. The number of aryl methyl sites for hydroxylation is 1. The zero-order valence-corrected chi connectivity index (χ0v) is 24.9. The number of hydrogen-bond acceptors (Lipinski definition) is 7. The average Bonchev–Trinajstić information content (AvgIpc) is 3.52. The molecule has 45 heavy (non-hydrogen) atoms. The zero-order valence-electron chi connectivity index (χ0n) is 24.9. The Morgan fingerprint density at radius 3 is 2.38 bits per heavy atom. The van der Waals surface area contributed by atoms with E-state index >= 15 is 0 Å². The maximum absolute atomic E-state index is 13.6. The van der Waals surface area contributed by atoms with Crippen molar-refractivity contribution in [1.29, 1.82) is 0 Å². The zero-order chi connectivity index (χ0) is 31.7. The van der Waals surface area contributed by atoms with E-state index in [1.807, 2.05) is 54.8 Å². The van der Waals surface area contributed by atoms with Crippen LogP contribution < -0.4 is 25.6 Å². The number of carbonyl (C=O) groups excluding carboxylic acids is 4. The van der Waals surface area contributed by atoms with E-state index in [4.69, 9.17) is 15.3 Å². The van der Waals surface area contributed by atoms with Crippen LogP contribution in [0.2, 0.25) is 0 Å². The van der Waals surface area contributed by atoms with Gasteiger partial charge in [0, 0.05) is 22.9 Å². The third kappa shape index (κ3) is 5.75. The molecule has 3 N–H and O–H groups in total. The number of fused-ring (bicyclic) bond motifs is 2. The Kier molecular flexibility index (Phi) is 8.06. The lowest BCUT2D eigenvalue weighted by Gasteiger charge is -2.21. The summed E-state index contributed by atoms with van der Waals surface area (Å²) in [5.41, 5.74) is 6.41. The number of nitrogen functional groups attached to an aromatic ring is 1. The van der Waals surface area contributed by atoms with Crippen LogP contribution in [0.3, 0.4) is 0 Å². The van der Waals surface area contributed by atoms with E-state index in [-0.39, 0.29) is 35.2 Å². The lowest BCUT2D eigenvalue weighted by Crippen LogP contribution is -2.30. The molecule has 228 valence electrons. The minimum Gasteiger partial charge on any atom is -0.493 e. The highest BCUT2D eigenvalue weighted by Crippen LogP contribution is 2.37. The quantitative estimate of drug-likeness (QED) is 0.117. The first-order chi connectivity index (χ1) is 21.8. The fourth-order valence-corrected chi connectivity index (χ4v) is 5.71. The van der Waals surface area contributed by atoms with Gasteiger partial charge in [0.1, 0.15) is 0 Å². The molecule has 1 atom stereocenters. The van der Waals surface area contributed by atoms with Crippen molar-refractivity contribution in [2.24, 2.45) is 5.84 Å². The number of hydrogen-bond donors (Lipinski definition) is 2. The maximum atomic E-state index is 13.6. The molecule has 0 spiro atoms. The molecule has 0 bridgehead atoms. The Balaban J connectivity index is 1.16. The number of carbonyl (C=O) groups is 4. The third-order valence-corrected chi connectivity index (χ3v) is 8.15. The number of rotatable bonds is 10. The van der Waals surface area contributed by atoms with E-state index in [0.29, 0.717) is 34.9 Å². The highest BCUT2D eigenvalue weighted by Gasteiger charge is 2.37. The van der Waals surface area contributed by atoms with Gasteiger partial charge >= 0.3 is 0 Å². The van der Waals surface area contributed by atoms with Crippen molar-refractivity contribution in [3.05, 3.63) is 124 Å².